The van der Waals surface area contributed by atoms with Crippen molar-refractivity contribution < 1.29 is 4.79 Å². The number of carbonyl (C=O) groups excluding carboxylic acids is 1. The van der Waals surface area contributed by atoms with E-state index in [0.717, 1.165) is 46.6 Å². The number of hydrogen-bond acceptors (Lipinski definition) is 3. The van der Waals surface area contributed by atoms with Crippen LogP contribution < -0.4 is 0 Å². The summed E-state index contributed by atoms with van der Waals surface area (Å²) in [5, 5.41) is 1.04. The summed E-state index contributed by atoms with van der Waals surface area (Å²) in [4.78, 5) is 23.9. The van der Waals surface area contributed by atoms with E-state index in [4.69, 9.17) is 9.97 Å². The molecule has 0 fully saturated rings. The molecule has 0 radical (unpaired) electrons. The van der Waals surface area contributed by atoms with Gasteiger partial charge in [-0.25, -0.2) is 9.97 Å². The Morgan fingerprint density at radius 3 is 2.38 bits per heavy atom. The van der Waals surface area contributed by atoms with Gasteiger partial charge in [0.25, 0.3) is 0 Å². The maximum Gasteiger partial charge on any atom is 0.222 e. The summed E-state index contributed by atoms with van der Waals surface area (Å²) in [5.74, 6) is 0.897. The Morgan fingerprint density at radius 1 is 0.962 bits per heavy atom. The van der Waals surface area contributed by atoms with E-state index in [0.29, 0.717) is 12.8 Å². The van der Waals surface area contributed by atoms with Gasteiger partial charge < -0.3 is 4.90 Å². The Hall–Kier alpha value is -2.75. The molecule has 0 aliphatic heterocycles. The van der Waals surface area contributed by atoms with Crippen LogP contribution in [-0.2, 0) is 11.2 Å². The average molecular weight is 347 g/mol. The minimum atomic E-state index is 0.177. The monoisotopic (exact) mass is 347 g/mol. The van der Waals surface area contributed by atoms with E-state index in [2.05, 4.69) is 13.0 Å². The summed E-state index contributed by atoms with van der Waals surface area (Å²) < 4.78 is 0. The molecule has 134 valence electrons. The van der Waals surface area contributed by atoms with Crippen molar-refractivity contribution in [3.05, 3.63) is 59.8 Å². The maximum absolute atomic E-state index is 12.4. The second-order valence-corrected chi connectivity index (χ2v) is 6.40. The first-order chi connectivity index (χ1) is 12.6. The summed E-state index contributed by atoms with van der Waals surface area (Å²) in [7, 11) is 0. The molecule has 0 aliphatic carbocycles. The van der Waals surface area contributed by atoms with E-state index in [9.17, 15) is 4.79 Å². The quantitative estimate of drug-likeness (QED) is 0.664. The second kappa shape index (κ2) is 8.09. The van der Waals surface area contributed by atoms with E-state index in [1.807, 2.05) is 61.2 Å². The van der Waals surface area contributed by atoms with Crippen molar-refractivity contribution in [2.24, 2.45) is 0 Å². The minimum Gasteiger partial charge on any atom is -0.343 e. The molecule has 4 nitrogen and oxygen atoms in total. The third-order valence-electron chi connectivity index (χ3n) is 4.73. The lowest BCUT2D eigenvalue weighted by atomic mass is 10.1. The summed E-state index contributed by atoms with van der Waals surface area (Å²) in [6.45, 7) is 7.58. The van der Waals surface area contributed by atoms with Gasteiger partial charge in [-0.3, -0.25) is 4.79 Å². The van der Waals surface area contributed by atoms with Gasteiger partial charge in [0.15, 0.2) is 5.82 Å². The van der Waals surface area contributed by atoms with Crippen LogP contribution in [0.25, 0.3) is 22.3 Å². The third kappa shape index (κ3) is 3.74. The standard InChI is InChI=1S/C22H25N3O/c1-4-25(5-2)20(26)15-14-19-18-13-9-10-16(3)21(18)24-22(23-19)17-11-7-6-8-12-17/h6-13H,4-5,14-15H2,1-3H3. The first-order valence-corrected chi connectivity index (χ1v) is 9.23. The summed E-state index contributed by atoms with van der Waals surface area (Å²) in [6.07, 6.45) is 1.09. The fourth-order valence-electron chi connectivity index (χ4n) is 3.23. The molecule has 0 aliphatic rings. The first kappa shape index (κ1) is 18.1. The number of aromatic nitrogens is 2. The van der Waals surface area contributed by atoms with Crippen molar-refractivity contribution in [1.82, 2.24) is 14.9 Å². The van der Waals surface area contributed by atoms with Gasteiger partial charge in [0, 0.05) is 30.5 Å². The molecule has 0 bridgehead atoms. The molecule has 0 spiro atoms. The van der Waals surface area contributed by atoms with Crippen molar-refractivity contribution in [2.75, 3.05) is 13.1 Å². The highest BCUT2D eigenvalue weighted by Gasteiger charge is 2.14. The molecule has 1 heterocycles. The molecule has 3 aromatic rings. The SMILES string of the molecule is CCN(CC)C(=O)CCc1nc(-c2ccccc2)nc2c(C)cccc12. The number of hydrogen-bond donors (Lipinski definition) is 0. The maximum atomic E-state index is 12.4. The largest absolute Gasteiger partial charge is 0.343 e. The highest BCUT2D eigenvalue weighted by Crippen LogP contribution is 2.24. The highest BCUT2D eigenvalue weighted by atomic mass is 16.2. The summed E-state index contributed by atoms with van der Waals surface area (Å²) in [5.41, 5.74) is 4.03. The van der Waals surface area contributed by atoms with Gasteiger partial charge in [0.1, 0.15) is 0 Å². The number of carbonyl (C=O) groups is 1. The van der Waals surface area contributed by atoms with E-state index >= 15 is 0 Å². The van der Waals surface area contributed by atoms with E-state index in [-0.39, 0.29) is 5.91 Å². The predicted octanol–water partition coefficient (Wildman–Crippen LogP) is 4.41. The van der Waals surface area contributed by atoms with E-state index in [1.54, 1.807) is 0 Å². The molecule has 0 atom stereocenters. The average Bonchev–Trinajstić information content (AvgIpc) is 2.68. The van der Waals surface area contributed by atoms with Crippen LogP contribution in [-0.4, -0.2) is 33.9 Å². The smallest absolute Gasteiger partial charge is 0.222 e. The van der Waals surface area contributed by atoms with Gasteiger partial charge >= 0.3 is 0 Å². The van der Waals surface area contributed by atoms with Crippen molar-refractivity contribution in [2.45, 2.75) is 33.6 Å². The molecule has 0 unspecified atom stereocenters. The topological polar surface area (TPSA) is 46.1 Å². The zero-order valence-corrected chi connectivity index (χ0v) is 15.7. The molecule has 26 heavy (non-hydrogen) atoms. The molecule has 1 amide bonds. The molecule has 0 saturated carbocycles. The lowest BCUT2D eigenvalue weighted by molar-refractivity contribution is -0.130. The second-order valence-electron chi connectivity index (χ2n) is 6.40. The van der Waals surface area contributed by atoms with Crippen LogP contribution >= 0.6 is 0 Å². The van der Waals surface area contributed by atoms with Crippen LogP contribution in [0.5, 0.6) is 0 Å². The molecular formula is C22H25N3O. The van der Waals surface area contributed by atoms with Gasteiger partial charge in [-0.15, -0.1) is 0 Å². The van der Waals surface area contributed by atoms with Gasteiger partial charge in [-0.1, -0.05) is 48.5 Å². The molecule has 1 aromatic heterocycles. The van der Waals surface area contributed by atoms with Crippen LogP contribution in [0.15, 0.2) is 48.5 Å². The van der Waals surface area contributed by atoms with Crippen LogP contribution in [0.3, 0.4) is 0 Å². The number of rotatable bonds is 6. The zero-order chi connectivity index (χ0) is 18.5. The third-order valence-corrected chi connectivity index (χ3v) is 4.73. The van der Waals surface area contributed by atoms with Crippen molar-refractivity contribution in [1.29, 1.82) is 0 Å². The zero-order valence-electron chi connectivity index (χ0n) is 15.7. The lowest BCUT2D eigenvalue weighted by Gasteiger charge is -2.18. The van der Waals surface area contributed by atoms with Crippen molar-refractivity contribution in [3.8, 4) is 11.4 Å². The van der Waals surface area contributed by atoms with Crippen LogP contribution in [0, 0.1) is 6.92 Å². The predicted molar refractivity (Wildman–Crippen MR) is 106 cm³/mol. The fraction of sp³-hybridized carbons (Fsp3) is 0.318. The van der Waals surface area contributed by atoms with Crippen molar-refractivity contribution >= 4 is 16.8 Å². The number of benzene rings is 2. The molecule has 4 heteroatoms. The lowest BCUT2D eigenvalue weighted by Crippen LogP contribution is -2.30. The van der Waals surface area contributed by atoms with E-state index in [1.165, 1.54) is 0 Å². The Balaban J connectivity index is 2.00. The Labute approximate surface area is 154 Å². The molecule has 2 aromatic carbocycles. The molecule has 0 saturated heterocycles. The Morgan fingerprint density at radius 2 is 1.69 bits per heavy atom. The number of para-hydroxylation sites is 1. The van der Waals surface area contributed by atoms with Crippen molar-refractivity contribution in [3.63, 3.8) is 0 Å². The number of amides is 1. The highest BCUT2D eigenvalue weighted by molar-refractivity contribution is 5.86. The molecular weight excluding hydrogens is 322 g/mol. The summed E-state index contributed by atoms with van der Waals surface area (Å²) >= 11 is 0. The van der Waals surface area contributed by atoms with Crippen LogP contribution in [0.4, 0.5) is 0 Å². The normalized spacial score (nSPS) is 10.9. The Bertz CT molecular complexity index is 902. The van der Waals surface area contributed by atoms with Gasteiger partial charge in [0.05, 0.1) is 11.2 Å². The van der Waals surface area contributed by atoms with E-state index < -0.39 is 0 Å². The van der Waals surface area contributed by atoms with Gasteiger partial charge in [-0.2, -0.15) is 0 Å². The number of aryl methyl sites for hydroxylation is 2. The fourth-order valence-corrected chi connectivity index (χ4v) is 3.23. The number of nitrogens with zero attached hydrogens (tertiary/aromatic N) is 3. The molecule has 0 N–H and O–H groups in total. The Kier molecular flexibility index (Phi) is 5.61. The number of fused-ring (bicyclic) bond motifs is 1. The summed E-state index contributed by atoms with van der Waals surface area (Å²) in [6, 6.07) is 16.1. The van der Waals surface area contributed by atoms with Gasteiger partial charge in [-0.05, 0) is 32.8 Å². The minimum absolute atomic E-state index is 0.177. The first-order valence-electron chi connectivity index (χ1n) is 9.23. The molecule has 3 rings (SSSR count). The van der Waals surface area contributed by atoms with Gasteiger partial charge in [0.2, 0.25) is 5.91 Å². The van der Waals surface area contributed by atoms with Crippen LogP contribution in [0.1, 0.15) is 31.5 Å². The van der Waals surface area contributed by atoms with Crippen LogP contribution in [0.2, 0.25) is 0 Å².